The van der Waals surface area contributed by atoms with Gasteiger partial charge in [-0.25, -0.2) is 8.91 Å². The first-order valence-corrected chi connectivity index (χ1v) is 8.69. The van der Waals surface area contributed by atoms with Gasteiger partial charge in [0.05, 0.1) is 16.6 Å². The third kappa shape index (κ3) is 2.78. The standard InChI is InChI=1S/C19H17ClFN3O/c1-2-18-16-9-14(21)5-3-12(16)7-8-23(18)19(25)17-10-15-6-4-13(20)11-24(15)22-17/h3-6,9-11,18H,2,7-8H2,1H3. The molecule has 0 N–H and O–H groups in total. The zero-order valence-electron chi connectivity index (χ0n) is 13.7. The molecule has 1 aliphatic heterocycles. The lowest BCUT2D eigenvalue weighted by atomic mass is 9.90. The molecular formula is C19H17ClFN3O. The molecule has 1 unspecified atom stereocenters. The topological polar surface area (TPSA) is 37.6 Å². The lowest BCUT2D eigenvalue weighted by Gasteiger charge is -2.36. The van der Waals surface area contributed by atoms with Crippen LogP contribution >= 0.6 is 11.6 Å². The van der Waals surface area contributed by atoms with Crippen molar-refractivity contribution < 1.29 is 9.18 Å². The molecule has 0 bridgehead atoms. The van der Waals surface area contributed by atoms with Gasteiger partial charge in [0.25, 0.3) is 5.91 Å². The second kappa shape index (κ2) is 6.15. The minimum absolute atomic E-state index is 0.137. The maximum atomic E-state index is 13.7. The lowest BCUT2D eigenvalue weighted by molar-refractivity contribution is 0.0648. The molecule has 4 nitrogen and oxygen atoms in total. The van der Waals surface area contributed by atoms with Gasteiger partial charge in [0, 0.05) is 12.7 Å². The van der Waals surface area contributed by atoms with Crippen molar-refractivity contribution >= 4 is 23.0 Å². The van der Waals surface area contributed by atoms with E-state index in [4.69, 9.17) is 11.6 Å². The molecule has 1 atom stereocenters. The van der Waals surface area contributed by atoms with Crippen molar-refractivity contribution in [1.82, 2.24) is 14.5 Å². The van der Waals surface area contributed by atoms with E-state index in [2.05, 4.69) is 5.10 Å². The number of halogens is 2. The van der Waals surface area contributed by atoms with Gasteiger partial charge in [0.15, 0.2) is 5.69 Å². The molecule has 2 aromatic heterocycles. The van der Waals surface area contributed by atoms with Crippen molar-refractivity contribution in [2.45, 2.75) is 25.8 Å². The fourth-order valence-electron chi connectivity index (χ4n) is 3.56. The first kappa shape index (κ1) is 16.1. The average Bonchev–Trinajstić information content (AvgIpc) is 3.03. The summed E-state index contributed by atoms with van der Waals surface area (Å²) in [4.78, 5) is 14.8. The van der Waals surface area contributed by atoms with Gasteiger partial charge in [-0.2, -0.15) is 5.10 Å². The molecule has 3 aromatic rings. The number of aromatic nitrogens is 2. The van der Waals surface area contributed by atoms with E-state index in [9.17, 15) is 9.18 Å². The zero-order chi connectivity index (χ0) is 17.6. The molecule has 4 rings (SSSR count). The number of carbonyl (C=O) groups excluding carboxylic acids is 1. The molecule has 0 saturated heterocycles. The predicted octanol–water partition coefficient (Wildman–Crippen LogP) is 4.28. The molecule has 0 aliphatic carbocycles. The maximum Gasteiger partial charge on any atom is 0.274 e. The summed E-state index contributed by atoms with van der Waals surface area (Å²) in [7, 11) is 0. The maximum absolute atomic E-state index is 13.7. The van der Waals surface area contributed by atoms with Crippen LogP contribution in [0.15, 0.2) is 42.6 Å². The molecule has 0 fully saturated rings. The Balaban J connectivity index is 1.71. The SMILES string of the molecule is CCC1c2cc(F)ccc2CCN1C(=O)c1cc2ccc(Cl)cn2n1. The van der Waals surface area contributed by atoms with Crippen LogP contribution in [0.2, 0.25) is 5.02 Å². The Labute approximate surface area is 149 Å². The summed E-state index contributed by atoms with van der Waals surface area (Å²) in [5.41, 5.74) is 3.19. The predicted molar refractivity (Wildman–Crippen MR) is 94.4 cm³/mol. The first-order chi connectivity index (χ1) is 12.1. The Hall–Kier alpha value is -2.40. The first-order valence-electron chi connectivity index (χ1n) is 8.31. The van der Waals surface area contributed by atoms with Crippen LogP contribution in [0.1, 0.15) is 41.0 Å². The average molecular weight is 358 g/mol. The fourth-order valence-corrected chi connectivity index (χ4v) is 3.72. The van der Waals surface area contributed by atoms with Crippen molar-refractivity contribution in [3.63, 3.8) is 0 Å². The van der Waals surface area contributed by atoms with Gasteiger partial charge in [-0.3, -0.25) is 4.79 Å². The van der Waals surface area contributed by atoms with E-state index < -0.39 is 0 Å². The molecular weight excluding hydrogens is 341 g/mol. The number of hydrogen-bond donors (Lipinski definition) is 0. The summed E-state index contributed by atoms with van der Waals surface area (Å²) in [6.07, 6.45) is 3.12. The molecule has 1 amide bonds. The summed E-state index contributed by atoms with van der Waals surface area (Å²) in [6, 6.07) is 10.1. The molecule has 0 radical (unpaired) electrons. The Morgan fingerprint density at radius 2 is 2.16 bits per heavy atom. The van der Waals surface area contributed by atoms with Crippen LogP contribution in [0, 0.1) is 5.82 Å². The van der Waals surface area contributed by atoms with Crippen molar-refractivity contribution in [3.8, 4) is 0 Å². The second-order valence-corrected chi connectivity index (χ2v) is 6.70. The molecule has 6 heteroatoms. The molecule has 3 heterocycles. The quantitative estimate of drug-likeness (QED) is 0.686. The van der Waals surface area contributed by atoms with E-state index in [1.54, 1.807) is 33.8 Å². The van der Waals surface area contributed by atoms with Crippen LogP contribution < -0.4 is 0 Å². The van der Waals surface area contributed by atoms with Crippen LogP contribution in [0.4, 0.5) is 4.39 Å². The van der Waals surface area contributed by atoms with Gasteiger partial charge in [-0.1, -0.05) is 24.6 Å². The largest absolute Gasteiger partial charge is 0.330 e. The van der Waals surface area contributed by atoms with E-state index in [1.165, 1.54) is 6.07 Å². The summed E-state index contributed by atoms with van der Waals surface area (Å²) in [5.74, 6) is -0.407. The molecule has 25 heavy (non-hydrogen) atoms. The molecule has 0 saturated carbocycles. The highest BCUT2D eigenvalue weighted by Crippen LogP contribution is 2.33. The minimum atomic E-state index is -0.270. The Kier molecular flexibility index (Phi) is 3.96. The number of amides is 1. The summed E-state index contributed by atoms with van der Waals surface area (Å²) < 4.78 is 15.3. The highest BCUT2D eigenvalue weighted by Gasteiger charge is 2.31. The van der Waals surface area contributed by atoms with Gasteiger partial charge in [0.2, 0.25) is 0 Å². The number of rotatable bonds is 2. The number of nitrogens with zero attached hydrogens (tertiary/aromatic N) is 3. The van der Waals surface area contributed by atoms with E-state index in [-0.39, 0.29) is 17.8 Å². The molecule has 1 aromatic carbocycles. The van der Waals surface area contributed by atoms with Gasteiger partial charge in [0.1, 0.15) is 5.82 Å². The molecule has 0 spiro atoms. The van der Waals surface area contributed by atoms with E-state index in [0.29, 0.717) is 17.3 Å². The van der Waals surface area contributed by atoms with E-state index in [1.807, 2.05) is 19.1 Å². The van der Waals surface area contributed by atoms with Crippen molar-refractivity contribution in [2.24, 2.45) is 0 Å². The van der Waals surface area contributed by atoms with Crippen molar-refractivity contribution in [3.05, 3.63) is 70.3 Å². The Morgan fingerprint density at radius 1 is 1.32 bits per heavy atom. The van der Waals surface area contributed by atoms with Gasteiger partial charge in [-0.15, -0.1) is 0 Å². The highest BCUT2D eigenvalue weighted by atomic mass is 35.5. The molecule has 128 valence electrons. The minimum Gasteiger partial charge on any atom is -0.330 e. The number of hydrogen-bond acceptors (Lipinski definition) is 2. The Bertz CT molecular complexity index is 968. The molecule has 1 aliphatic rings. The van der Waals surface area contributed by atoms with Gasteiger partial charge in [-0.05, 0) is 54.3 Å². The normalized spacial score (nSPS) is 16.9. The van der Waals surface area contributed by atoms with Crippen LogP contribution in [0.3, 0.4) is 0 Å². The lowest BCUT2D eigenvalue weighted by Crippen LogP contribution is -2.40. The van der Waals surface area contributed by atoms with E-state index >= 15 is 0 Å². The Morgan fingerprint density at radius 3 is 2.96 bits per heavy atom. The van der Waals surface area contributed by atoms with Crippen LogP contribution in [0.25, 0.3) is 5.52 Å². The number of carbonyl (C=O) groups is 1. The third-order valence-electron chi connectivity index (χ3n) is 4.76. The monoisotopic (exact) mass is 357 g/mol. The number of fused-ring (bicyclic) bond motifs is 2. The van der Waals surface area contributed by atoms with Crippen molar-refractivity contribution in [1.29, 1.82) is 0 Å². The summed E-state index contributed by atoms with van der Waals surface area (Å²) in [6.45, 7) is 2.61. The van der Waals surface area contributed by atoms with Gasteiger partial charge >= 0.3 is 0 Å². The highest BCUT2D eigenvalue weighted by molar-refractivity contribution is 6.30. The van der Waals surface area contributed by atoms with Gasteiger partial charge < -0.3 is 4.90 Å². The van der Waals surface area contributed by atoms with E-state index in [0.717, 1.165) is 29.5 Å². The zero-order valence-corrected chi connectivity index (χ0v) is 14.5. The van der Waals surface area contributed by atoms with Crippen LogP contribution in [-0.4, -0.2) is 27.0 Å². The smallest absolute Gasteiger partial charge is 0.274 e. The summed E-state index contributed by atoms with van der Waals surface area (Å²) >= 11 is 5.98. The van der Waals surface area contributed by atoms with Crippen LogP contribution in [-0.2, 0) is 6.42 Å². The number of benzene rings is 1. The van der Waals surface area contributed by atoms with Crippen molar-refractivity contribution in [2.75, 3.05) is 6.54 Å². The second-order valence-electron chi connectivity index (χ2n) is 6.26. The summed E-state index contributed by atoms with van der Waals surface area (Å²) in [5, 5.41) is 4.92. The number of pyridine rings is 1. The third-order valence-corrected chi connectivity index (χ3v) is 4.98. The van der Waals surface area contributed by atoms with Crippen LogP contribution in [0.5, 0.6) is 0 Å². The fraction of sp³-hybridized carbons (Fsp3) is 0.263.